The second-order valence-electron chi connectivity index (χ2n) is 7.82. The highest BCUT2D eigenvalue weighted by Gasteiger charge is 2.23. The summed E-state index contributed by atoms with van der Waals surface area (Å²) < 4.78 is 10.2. The molecule has 164 valence electrons. The first-order chi connectivity index (χ1) is 13.6. The molecular formula is C21H32Cl2N2O4. The predicted molar refractivity (Wildman–Crippen MR) is 118 cm³/mol. The van der Waals surface area contributed by atoms with Crippen LogP contribution in [0.2, 0.25) is 0 Å². The summed E-state index contributed by atoms with van der Waals surface area (Å²) in [5.74, 6) is 0.524. The average Bonchev–Trinajstić information content (AvgIpc) is 2.60. The lowest BCUT2D eigenvalue weighted by Crippen LogP contribution is -2.41. The normalized spacial score (nSPS) is 12.2. The van der Waals surface area contributed by atoms with Gasteiger partial charge >= 0.3 is 12.1 Å². The number of carbonyl (C=O) groups excluding carboxylic acids is 2. The van der Waals surface area contributed by atoms with E-state index in [4.69, 9.17) is 32.7 Å². The monoisotopic (exact) mass is 446 g/mol. The van der Waals surface area contributed by atoms with Crippen molar-refractivity contribution in [2.24, 2.45) is 0 Å². The predicted octanol–water partition coefficient (Wildman–Crippen LogP) is 4.28. The molecule has 0 fully saturated rings. The van der Waals surface area contributed by atoms with E-state index in [1.165, 1.54) is 7.11 Å². The Morgan fingerprint density at radius 2 is 1.79 bits per heavy atom. The van der Waals surface area contributed by atoms with E-state index in [2.05, 4.69) is 10.2 Å². The minimum absolute atomic E-state index is 0.0359. The van der Waals surface area contributed by atoms with Gasteiger partial charge in [0, 0.05) is 36.6 Å². The van der Waals surface area contributed by atoms with Crippen molar-refractivity contribution < 1.29 is 19.1 Å². The molecule has 1 aromatic rings. The minimum atomic E-state index is -0.633. The first kappa shape index (κ1) is 25.4. The number of methoxy groups -OCH3 is 1. The van der Waals surface area contributed by atoms with Gasteiger partial charge in [0.25, 0.3) is 0 Å². The Kier molecular flexibility index (Phi) is 10.6. The molecule has 0 aliphatic carbocycles. The van der Waals surface area contributed by atoms with Crippen molar-refractivity contribution in [3.63, 3.8) is 0 Å². The first-order valence-corrected chi connectivity index (χ1v) is 10.7. The molecule has 1 atom stereocenters. The number of alkyl carbamates (subject to hydrolysis) is 1. The molecule has 0 heterocycles. The molecule has 0 saturated carbocycles. The Hall–Kier alpha value is -1.66. The molecule has 1 amide bonds. The van der Waals surface area contributed by atoms with Crippen LogP contribution in [0.3, 0.4) is 0 Å². The molecule has 0 aromatic heterocycles. The summed E-state index contributed by atoms with van der Waals surface area (Å²) in [6.07, 6.45) is -0.0976. The number of hydrogen-bond donors (Lipinski definition) is 1. The van der Waals surface area contributed by atoms with E-state index in [0.717, 1.165) is 16.8 Å². The zero-order valence-electron chi connectivity index (χ0n) is 17.9. The van der Waals surface area contributed by atoms with Gasteiger partial charge in [0.05, 0.1) is 13.5 Å². The molecule has 0 saturated heterocycles. The van der Waals surface area contributed by atoms with Crippen LogP contribution in [0.4, 0.5) is 10.5 Å². The van der Waals surface area contributed by atoms with Crippen LogP contribution in [0.1, 0.15) is 38.3 Å². The van der Waals surface area contributed by atoms with Crippen LogP contribution in [-0.2, 0) is 20.7 Å². The summed E-state index contributed by atoms with van der Waals surface area (Å²) in [5, 5.41) is 2.80. The topological polar surface area (TPSA) is 67.9 Å². The fourth-order valence-corrected chi connectivity index (χ4v) is 3.35. The first-order valence-electron chi connectivity index (χ1n) is 9.62. The number of nitrogens with zero attached hydrogens (tertiary/aromatic N) is 1. The molecule has 0 aliphatic heterocycles. The zero-order chi connectivity index (χ0) is 22.0. The summed E-state index contributed by atoms with van der Waals surface area (Å²) in [6.45, 7) is 8.65. The Morgan fingerprint density at radius 1 is 1.17 bits per heavy atom. The van der Waals surface area contributed by atoms with Gasteiger partial charge in [0.2, 0.25) is 0 Å². The quantitative estimate of drug-likeness (QED) is 0.429. The smallest absolute Gasteiger partial charge is 0.407 e. The molecule has 0 spiro atoms. The van der Waals surface area contributed by atoms with E-state index in [1.54, 1.807) is 20.8 Å². The summed E-state index contributed by atoms with van der Waals surface area (Å²) in [5.41, 5.74) is 2.42. The molecule has 29 heavy (non-hydrogen) atoms. The lowest BCUT2D eigenvalue weighted by atomic mass is 9.99. The zero-order valence-corrected chi connectivity index (χ0v) is 19.4. The lowest BCUT2D eigenvalue weighted by molar-refractivity contribution is -0.141. The summed E-state index contributed by atoms with van der Waals surface area (Å²) in [4.78, 5) is 26.3. The van der Waals surface area contributed by atoms with Crippen LogP contribution in [-0.4, -0.2) is 55.7 Å². The summed E-state index contributed by atoms with van der Waals surface area (Å²) in [6, 6.07) is 5.61. The van der Waals surface area contributed by atoms with Crippen molar-refractivity contribution in [3.8, 4) is 0 Å². The summed E-state index contributed by atoms with van der Waals surface area (Å²) >= 11 is 11.9. The van der Waals surface area contributed by atoms with Crippen molar-refractivity contribution in [2.45, 2.75) is 52.2 Å². The van der Waals surface area contributed by atoms with Gasteiger partial charge in [-0.25, -0.2) is 4.79 Å². The van der Waals surface area contributed by atoms with E-state index in [1.807, 2.05) is 25.1 Å². The molecule has 1 rings (SSSR count). The number of esters is 1. The van der Waals surface area contributed by atoms with Crippen molar-refractivity contribution in [1.82, 2.24) is 5.32 Å². The molecule has 1 N–H and O–H groups in total. The number of halogens is 2. The molecule has 6 nitrogen and oxygen atoms in total. The van der Waals surface area contributed by atoms with Crippen LogP contribution in [0.5, 0.6) is 0 Å². The molecule has 0 aliphatic rings. The minimum Gasteiger partial charge on any atom is -0.469 e. The number of ether oxygens (including phenoxy) is 2. The van der Waals surface area contributed by atoms with Gasteiger partial charge in [-0.1, -0.05) is 17.7 Å². The second-order valence-corrected chi connectivity index (χ2v) is 8.58. The maximum absolute atomic E-state index is 12.3. The fraction of sp³-hybridized carbons (Fsp3) is 0.619. The van der Waals surface area contributed by atoms with Crippen LogP contribution in [0, 0.1) is 6.92 Å². The number of hydrogen-bond acceptors (Lipinski definition) is 5. The third-order valence-corrected chi connectivity index (χ3v) is 4.45. The number of rotatable bonds is 10. The van der Waals surface area contributed by atoms with Gasteiger partial charge in [0.1, 0.15) is 5.60 Å². The standard InChI is InChI=1S/C21H32Cl2N2O4/c1-15-6-7-18(25(10-8-22)11-9-23)16(12-15)13-17(14-19(26)28-5)24-20(27)29-21(2,3)4/h6-7,12,17H,8-11,13-14H2,1-5H3,(H,24,27)/t17-/m0/s1. The van der Waals surface area contributed by atoms with Crippen molar-refractivity contribution in [2.75, 3.05) is 36.9 Å². The van der Waals surface area contributed by atoms with Crippen molar-refractivity contribution >= 4 is 41.0 Å². The molecule has 0 radical (unpaired) electrons. The number of aryl methyl sites for hydroxylation is 1. The molecular weight excluding hydrogens is 415 g/mol. The van der Waals surface area contributed by atoms with Gasteiger partial charge in [-0.3, -0.25) is 4.79 Å². The van der Waals surface area contributed by atoms with Gasteiger partial charge in [-0.05, 0) is 45.7 Å². The van der Waals surface area contributed by atoms with E-state index in [-0.39, 0.29) is 6.42 Å². The maximum atomic E-state index is 12.3. The molecule has 0 bridgehead atoms. The Bertz CT molecular complexity index is 671. The van der Waals surface area contributed by atoms with Gasteiger partial charge < -0.3 is 19.7 Å². The van der Waals surface area contributed by atoms with Crippen molar-refractivity contribution in [1.29, 1.82) is 0 Å². The molecule has 8 heteroatoms. The highest BCUT2D eigenvalue weighted by atomic mass is 35.5. The highest BCUT2D eigenvalue weighted by Crippen LogP contribution is 2.25. The Morgan fingerprint density at radius 3 is 2.31 bits per heavy atom. The average molecular weight is 447 g/mol. The van der Waals surface area contributed by atoms with Gasteiger partial charge in [-0.15, -0.1) is 23.2 Å². The van der Waals surface area contributed by atoms with Crippen LogP contribution >= 0.6 is 23.2 Å². The van der Waals surface area contributed by atoms with Crippen LogP contribution in [0.15, 0.2) is 18.2 Å². The number of carbonyl (C=O) groups is 2. The van der Waals surface area contributed by atoms with Crippen molar-refractivity contribution in [3.05, 3.63) is 29.3 Å². The summed E-state index contributed by atoms with van der Waals surface area (Å²) in [7, 11) is 1.33. The maximum Gasteiger partial charge on any atom is 0.407 e. The van der Waals surface area contributed by atoms with E-state index in [0.29, 0.717) is 31.3 Å². The Labute approximate surface area is 183 Å². The van der Waals surface area contributed by atoms with Crippen LogP contribution in [0.25, 0.3) is 0 Å². The van der Waals surface area contributed by atoms with E-state index in [9.17, 15) is 9.59 Å². The van der Waals surface area contributed by atoms with Gasteiger partial charge in [0.15, 0.2) is 0 Å². The third-order valence-electron chi connectivity index (χ3n) is 4.11. The lowest BCUT2D eigenvalue weighted by Gasteiger charge is -2.28. The highest BCUT2D eigenvalue weighted by molar-refractivity contribution is 6.18. The number of alkyl halides is 2. The van der Waals surface area contributed by atoms with E-state index < -0.39 is 23.7 Å². The molecule has 0 unspecified atom stereocenters. The SMILES string of the molecule is COC(=O)C[C@H](Cc1cc(C)ccc1N(CCCl)CCCl)NC(=O)OC(C)(C)C. The number of amides is 1. The molecule has 1 aromatic carbocycles. The van der Waals surface area contributed by atoms with Gasteiger partial charge in [-0.2, -0.15) is 0 Å². The number of benzene rings is 1. The van der Waals surface area contributed by atoms with E-state index >= 15 is 0 Å². The number of nitrogens with one attached hydrogen (secondary N) is 1. The number of anilines is 1. The second kappa shape index (κ2) is 12.1. The fourth-order valence-electron chi connectivity index (χ4n) is 2.94. The largest absolute Gasteiger partial charge is 0.469 e. The third kappa shape index (κ3) is 9.59. The van der Waals surface area contributed by atoms with Crippen LogP contribution < -0.4 is 10.2 Å². The Balaban J connectivity index is 3.14.